The highest BCUT2D eigenvalue weighted by Crippen LogP contribution is 2.39. The summed E-state index contributed by atoms with van der Waals surface area (Å²) in [6, 6.07) is 0.107. The van der Waals surface area contributed by atoms with Crippen molar-refractivity contribution in [3.63, 3.8) is 0 Å². The Morgan fingerprint density at radius 1 is 1.32 bits per heavy atom. The van der Waals surface area contributed by atoms with Crippen molar-refractivity contribution in [2.24, 2.45) is 0 Å². The van der Waals surface area contributed by atoms with Crippen LogP contribution in [0.2, 0.25) is 0 Å². The minimum atomic E-state index is -0.940. The fourth-order valence-corrected chi connectivity index (χ4v) is 2.95. The average molecular weight is 267 g/mol. The van der Waals surface area contributed by atoms with Gasteiger partial charge in [-0.2, -0.15) is 0 Å². The zero-order chi connectivity index (χ0) is 14.2. The standard InChI is InChI=1S/C14H21NO4/c1-14(2,3)19-13(18)15-10-5-4-9(8-12(16)17)11(15)7-6-10/h8,10-11H,4-7H2,1-3H3,(H,16,17)/b9-8-. The predicted molar refractivity (Wildman–Crippen MR) is 69.8 cm³/mol. The first-order valence-electron chi connectivity index (χ1n) is 6.72. The molecule has 0 aromatic rings. The Morgan fingerprint density at radius 3 is 2.58 bits per heavy atom. The monoisotopic (exact) mass is 267 g/mol. The molecule has 19 heavy (non-hydrogen) atoms. The van der Waals surface area contributed by atoms with Crippen molar-refractivity contribution < 1.29 is 19.4 Å². The Morgan fingerprint density at radius 2 is 2.00 bits per heavy atom. The van der Waals surface area contributed by atoms with E-state index in [-0.39, 0.29) is 18.2 Å². The molecule has 2 unspecified atom stereocenters. The van der Waals surface area contributed by atoms with E-state index in [0.29, 0.717) is 0 Å². The molecule has 0 aliphatic carbocycles. The summed E-state index contributed by atoms with van der Waals surface area (Å²) < 4.78 is 5.42. The van der Waals surface area contributed by atoms with Gasteiger partial charge in [-0.3, -0.25) is 4.90 Å². The van der Waals surface area contributed by atoms with Gasteiger partial charge in [0.25, 0.3) is 0 Å². The lowest BCUT2D eigenvalue weighted by Gasteiger charge is -2.37. The second-order valence-electron chi connectivity index (χ2n) is 6.23. The van der Waals surface area contributed by atoms with Crippen molar-refractivity contribution >= 4 is 12.1 Å². The number of ether oxygens (including phenoxy) is 1. The van der Waals surface area contributed by atoms with Crippen LogP contribution in [0, 0.1) is 0 Å². The van der Waals surface area contributed by atoms with Gasteiger partial charge in [0.05, 0.1) is 6.04 Å². The maximum atomic E-state index is 12.2. The van der Waals surface area contributed by atoms with E-state index in [4.69, 9.17) is 9.84 Å². The SMILES string of the molecule is CC(C)(C)OC(=O)N1C2CC/C(=C/C(=O)O)C1CC2. The molecular formula is C14H21NO4. The number of rotatable bonds is 1. The van der Waals surface area contributed by atoms with Crippen LogP contribution in [0.4, 0.5) is 4.79 Å². The third-order valence-corrected chi connectivity index (χ3v) is 3.61. The van der Waals surface area contributed by atoms with Crippen LogP contribution >= 0.6 is 0 Å². The summed E-state index contributed by atoms with van der Waals surface area (Å²) in [6.07, 6.45) is 4.29. The molecule has 2 aliphatic heterocycles. The van der Waals surface area contributed by atoms with Gasteiger partial charge >= 0.3 is 12.1 Å². The normalized spacial score (nSPS) is 28.6. The third kappa shape index (κ3) is 3.08. The van der Waals surface area contributed by atoms with Gasteiger partial charge in [-0.15, -0.1) is 0 Å². The molecule has 1 amide bonds. The van der Waals surface area contributed by atoms with Crippen LogP contribution < -0.4 is 0 Å². The third-order valence-electron chi connectivity index (χ3n) is 3.61. The zero-order valence-electron chi connectivity index (χ0n) is 11.7. The van der Waals surface area contributed by atoms with Crippen molar-refractivity contribution in [3.8, 4) is 0 Å². The minimum absolute atomic E-state index is 0.0929. The first kappa shape index (κ1) is 13.9. The number of hydrogen-bond acceptors (Lipinski definition) is 3. The maximum absolute atomic E-state index is 12.2. The summed E-state index contributed by atoms with van der Waals surface area (Å²) in [5, 5.41) is 8.89. The highest BCUT2D eigenvalue weighted by atomic mass is 16.6. The van der Waals surface area contributed by atoms with Crippen LogP contribution in [0.1, 0.15) is 46.5 Å². The summed E-state index contributed by atoms with van der Waals surface area (Å²) in [6.45, 7) is 5.51. The molecule has 5 heteroatoms. The van der Waals surface area contributed by atoms with Crippen LogP contribution in [0.5, 0.6) is 0 Å². The van der Waals surface area contributed by atoms with E-state index in [1.165, 1.54) is 6.08 Å². The maximum Gasteiger partial charge on any atom is 0.411 e. The molecule has 0 radical (unpaired) electrons. The van der Waals surface area contributed by atoms with E-state index < -0.39 is 11.6 Å². The van der Waals surface area contributed by atoms with Crippen molar-refractivity contribution in [1.82, 2.24) is 4.90 Å². The van der Waals surface area contributed by atoms with Gasteiger partial charge in [0.2, 0.25) is 0 Å². The Hall–Kier alpha value is -1.52. The van der Waals surface area contributed by atoms with Crippen LogP contribution in [0.25, 0.3) is 0 Å². The molecule has 0 spiro atoms. The lowest BCUT2D eigenvalue weighted by molar-refractivity contribution is -0.131. The summed E-state index contributed by atoms with van der Waals surface area (Å²) in [4.78, 5) is 24.8. The van der Waals surface area contributed by atoms with E-state index >= 15 is 0 Å². The first-order chi connectivity index (χ1) is 8.78. The second kappa shape index (κ2) is 4.87. The molecule has 106 valence electrons. The molecule has 0 aromatic heterocycles. The summed E-state index contributed by atoms with van der Waals surface area (Å²) >= 11 is 0. The van der Waals surface area contributed by atoms with Gasteiger partial charge in [-0.1, -0.05) is 0 Å². The number of piperidine rings is 1. The molecule has 2 aliphatic rings. The Kier molecular flexibility index (Phi) is 3.56. The molecule has 0 aromatic carbocycles. The van der Waals surface area contributed by atoms with Gasteiger partial charge in [0.1, 0.15) is 5.60 Å². The fourth-order valence-electron chi connectivity index (χ4n) is 2.95. The molecule has 2 heterocycles. The highest BCUT2D eigenvalue weighted by molar-refractivity contribution is 5.81. The summed E-state index contributed by atoms with van der Waals surface area (Å²) in [7, 11) is 0. The van der Waals surface area contributed by atoms with Gasteiger partial charge in [0.15, 0.2) is 0 Å². The van der Waals surface area contributed by atoms with Crippen molar-refractivity contribution in [1.29, 1.82) is 0 Å². The summed E-state index contributed by atoms with van der Waals surface area (Å²) in [5.41, 5.74) is 0.317. The van der Waals surface area contributed by atoms with E-state index in [1.807, 2.05) is 20.8 Å². The molecular weight excluding hydrogens is 246 g/mol. The smallest absolute Gasteiger partial charge is 0.411 e. The van der Waals surface area contributed by atoms with Gasteiger partial charge in [0, 0.05) is 12.1 Å². The van der Waals surface area contributed by atoms with E-state index in [0.717, 1.165) is 31.3 Å². The zero-order valence-corrected chi connectivity index (χ0v) is 11.7. The first-order valence-corrected chi connectivity index (χ1v) is 6.72. The predicted octanol–water partition coefficient (Wildman–Crippen LogP) is 2.56. The highest BCUT2D eigenvalue weighted by Gasteiger charge is 2.43. The van der Waals surface area contributed by atoms with Crippen LogP contribution in [0.3, 0.4) is 0 Å². The quantitative estimate of drug-likeness (QED) is 0.741. The average Bonchev–Trinajstić information content (AvgIpc) is 2.56. The second-order valence-corrected chi connectivity index (χ2v) is 6.23. The Labute approximate surface area is 113 Å². The number of carbonyl (C=O) groups is 2. The number of aliphatic carboxylic acids is 1. The van der Waals surface area contributed by atoms with Crippen LogP contribution in [-0.2, 0) is 9.53 Å². The molecule has 2 atom stereocenters. The summed E-state index contributed by atoms with van der Waals surface area (Å²) in [5.74, 6) is -0.940. The van der Waals surface area contributed by atoms with Gasteiger partial charge in [-0.05, 0) is 52.0 Å². The number of carbonyl (C=O) groups excluding carboxylic acids is 1. The van der Waals surface area contributed by atoms with Gasteiger partial charge in [-0.25, -0.2) is 9.59 Å². The van der Waals surface area contributed by atoms with Crippen molar-refractivity contribution in [2.75, 3.05) is 0 Å². The molecule has 2 saturated heterocycles. The number of fused-ring (bicyclic) bond motifs is 2. The Bertz CT molecular complexity index is 422. The largest absolute Gasteiger partial charge is 0.478 e. The number of amides is 1. The van der Waals surface area contributed by atoms with Crippen LogP contribution in [-0.4, -0.2) is 39.8 Å². The van der Waals surface area contributed by atoms with E-state index in [1.54, 1.807) is 4.90 Å². The molecule has 2 fully saturated rings. The van der Waals surface area contributed by atoms with Crippen molar-refractivity contribution in [3.05, 3.63) is 11.6 Å². The van der Waals surface area contributed by atoms with Gasteiger partial charge < -0.3 is 9.84 Å². The number of nitrogens with zero attached hydrogens (tertiary/aromatic N) is 1. The molecule has 2 rings (SSSR count). The molecule has 1 N–H and O–H groups in total. The number of carboxylic acid groups (broad SMARTS) is 1. The van der Waals surface area contributed by atoms with E-state index in [2.05, 4.69) is 0 Å². The van der Waals surface area contributed by atoms with E-state index in [9.17, 15) is 9.59 Å². The topological polar surface area (TPSA) is 66.8 Å². The van der Waals surface area contributed by atoms with Crippen molar-refractivity contribution in [2.45, 2.75) is 64.1 Å². The molecule has 0 saturated carbocycles. The van der Waals surface area contributed by atoms with Crippen LogP contribution in [0.15, 0.2) is 11.6 Å². The molecule has 5 nitrogen and oxygen atoms in total. The number of hydrogen-bond donors (Lipinski definition) is 1. The lowest BCUT2D eigenvalue weighted by Crippen LogP contribution is -2.47. The fraction of sp³-hybridized carbons (Fsp3) is 0.714. The molecule has 2 bridgehead atoms. The Balaban J connectivity index is 2.17. The lowest BCUT2D eigenvalue weighted by atomic mass is 9.96. The minimum Gasteiger partial charge on any atom is -0.478 e. The number of carboxylic acids is 1.